The van der Waals surface area contributed by atoms with Gasteiger partial charge in [0.15, 0.2) is 0 Å². The van der Waals surface area contributed by atoms with Crippen molar-refractivity contribution in [2.75, 3.05) is 26.8 Å². The molecule has 0 spiro atoms. The van der Waals surface area contributed by atoms with Gasteiger partial charge in [-0.05, 0) is 44.0 Å². The van der Waals surface area contributed by atoms with Crippen LogP contribution in [0.1, 0.15) is 41.7 Å². The number of rotatable bonds is 6. The fourth-order valence-electron chi connectivity index (χ4n) is 2.81. The molecule has 2 aromatic rings. The molecule has 1 aliphatic rings. The number of amides is 1. The average molecular weight is 314 g/mol. The Balaban J connectivity index is 2.12. The van der Waals surface area contributed by atoms with Crippen LogP contribution in [0.3, 0.4) is 0 Å². The predicted molar refractivity (Wildman–Crippen MR) is 88.9 cm³/mol. The van der Waals surface area contributed by atoms with Gasteiger partial charge < -0.3 is 14.7 Å². The lowest BCUT2D eigenvalue weighted by Gasteiger charge is -2.21. The maximum Gasteiger partial charge on any atom is 0.254 e. The molecule has 0 radical (unpaired) electrons. The van der Waals surface area contributed by atoms with E-state index >= 15 is 0 Å². The highest BCUT2D eigenvalue weighted by atomic mass is 16.5. The molecule has 1 amide bonds. The molecule has 5 nitrogen and oxygen atoms in total. The molecule has 1 aliphatic carbocycles. The normalized spacial score (nSPS) is 14.0. The van der Waals surface area contributed by atoms with Crippen molar-refractivity contribution in [3.63, 3.8) is 0 Å². The maximum atomic E-state index is 12.9. The fourth-order valence-corrected chi connectivity index (χ4v) is 2.81. The number of aromatic nitrogens is 1. The number of carbonyl (C=O) groups excluding carboxylic acids is 1. The second-order valence-corrected chi connectivity index (χ2v) is 5.86. The number of pyridine rings is 1. The number of hydrogen-bond acceptors (Lipinski definition) is 4. The van der Waals surface area contributed by atoms with Gasteiger partial charge in [0.05, 0.1) is 24.8 Å². The number of nitrogens with zero attached hydrogens (tertiary/aromatic N) is 2. The van der Waals surface area contributed by atoms with Gasteiger partial charge in [-0.2, -0.15) is 0 Å². The Labute approximate surface area is 135 Å². The summed E-state index contributed by atoms with van der Waals surface area (Å²) < 4.78 is 5.29. The third-order valence-electron chi connectivity index (χ3n) is 4.30. The highest BCUT2D eigenvalue weighted by Gasteiger charge is 2.28. The third-order valence-corrected chi connectivity index (χ3v) is 4.30. The minimum absolute atomic E-state index is 0.0403. The van der Waals surface area contributed by atoms with Gasteiger partial charge in [-0.1, -0.05) is 0 Å². The van der Waals surface area contributed by atoms with Crippen molar-refractivity contribution < 1.29 is 14.6 Å². The molecule has 1 N–H and O–H groups in total. The molecule has 23 heavy (non-hydrogen) atoms. The van der Waals surface area contributed by atoms with Crippen molar-refractivity contribution in [1.29, 1.82) is 0 Å². The van der Waals surface area contributed by atoms with Gasteiger partial charge >= 0.3 is 0 Å². The minimum atomic E-state index is -0.0656. The molecule has 0 saturated heterocycles. The van der Waals surface area contributed by atoms with E-state index in [1.807, 2.05) is 31.2 Å². The maximum absolute atomic E-state index is 12.9. The average Bonchev–Trinajstić information content (AvgIpc) is 3.42. The third kappa shape index (κ3) is 3.15. The monoisotopic (exact) mass is 314 g/mol. The minimum Gasteiger partial charge on any atom is -0.497 e. The first-order chi connectivity index (χ1) is 11.2. The lowest BCUT2D eigenvalue weighted by atomic mass is 10.0. The topological polar surface area (TPSA) is 62.7 Å². The standard InChI is InChI=1S/C18H22N2O3/c1-3-20(8-9-21)18(22)15-11-17(12-4-5-12)19-16-7-6-13(23-2)10-14(15)16/h6-7,10-12,21H,3-5,8-9H2,1-2H3. The Hall–Kier alpha value is -2.14. The van der Waals surface area contributed by atoms with Crippen LogP contribution in [0.4, 0.5) is 0 Å². The summed E-state index contributed by atoms with van der Waals surface area (Å²) in [6.07, 6.45) is 2.27. The molecule has 1 aromatic carbocycles. The molecule has 1 fully saturated rings. The Morgan fingerprint density at radius 2 is 2.17 bits per heavy atom. The zero-order valence-electron chi connectivity index (χ0n) is 13.6. The summed E-state index contributed by atoms with van der Waals surface area (Å²) in [6, 6.07) is 7.55. The van der Waals surface area contributed by atoms with Crippen molar-refractivity contribution in [2.24, 2.45) is 0 Å². The van der Waals surface area contributed by atoms with E-state index in [0.29, 0.717) is 30.3 Å². The summed E-state index contributed by atoms with van der Waals surface area (Å²) in [5, 5.41) is 9.99. The van der Waals surface area contributed by atoms with Crippen molar-refractivity contribution in [3.05, 3.63) is 35.5 Å². The quantitative estimate of drug-likeness (QED) is 0.890. The summed E-state index contributed by atoms with van der Waals surface area (Å²) in [7, 11) is 1.61. The van der Waals surface area contributed by atoms with Gasteiger partial charge in [0, 0.05) is 30.1 Å². The van der Waals surface area contributed by atoms with Gasteiger partial charge in [-0.25, -0.2) is 0 Å². The first-order valence-electron chi connectivity index (χ1n) is 8.06. The second kappa shape index (κ2) is 6.54. The Kier molecular flexibility index (Phi) is 4.48. The van der Waals surface area contributed by atoms with Crippen LogP contribution in [-0.2, 0) is 0 Å². The van der Waals surface area contributed by atoms with Crippen molar-refractivity contribution in [3.8, 4) is 5.75 Å². The SMILES string of the molecule is CCN(CCO)C(=O)c1cc(C2CC2)nc2ccc(OC)cc12. The number of aliphatic hydroxyl groups is 1. The molecule has 1 saturated carbocycles. The zero-order chi connectivity index (χ0) is 16.4. The number of hydrogen-bond donors (Lipinski definition) is 1. The Morgan fingerprint density at radius 1 is 1.39 bits per heavy atom. The summed E-state index contributed by atoms with van der Waals surface area (Å²) in [5.41, 5.74) is 2.45. The van der Waals surface area contributed by atoms with Crippen LogP contribution in [0.15, 0.2) is 24.3 Å². The molecule has 122 valence electrons. The summed E-state index contributed by atoms with van der Waals surface area (Å²) in [5.74, 6) is 1.11. The number of fused-ring (bicyclic) bond motifs is 1. The highest BCUT2D eigenvalue weighted by molar-refractivity contribution is 6.06. The van der Waals surface area contributed by atoms with E-state index in [0.717, 1.165) is 29.4 Å². The first kappa shape index (κ1) is 15.7. The van der Waals surface area contributed by atoms with Crippen LogP contribution in [-0.4, -0.2) is 47.7 Å². The van der Waals surface area contributed by atoms with Crippen LogP contribution in [0.25, 0.3) is 10.9 Å². The van der Waals surface area contributed by atoms with Crippen LogP contribution in [0, 0.1) is 0 Å². The number of ether oxygens (including phenoxy) is 1. The van der Waals surface area contributed by atoms with Crippen molar-refractivity contribution in [1.82, 2.24) is 9.88 Å². The van der Waals surface area contributed by atoms with Crippen LogP contribution < -0.4 is 4.74 Å². The van der Waals surface area contributed by atoms with Gasteiger partial charge in [0.1, 0.15) is 5.75 Å². The molecular weight excluding hydrogens is 292 g/mol. The molecule has 0 atom stereocenters. The summed E-state index contributed by atoms with van der Waals surface area (Å²) in [4.78, 5) is 19.3. The predicted octanol–water partition coefficient (Wildman–Crippen LogP) is 2.58. The van der Waals surface area contributed by atoms with E-state index < -0.39 is 0 Å². The second-order valence-electron chi connectivity index (χ2n) is 5.86. The van der Waals surface area contributed by atoms with Crippen LogP contribution >= 0.6 is 0 Å². The van der Waals surface area contributed by atoms with E-state index in [4.69, 9.17) is 9.72 Å². The van der Waals surface area contributed by atoms with Gasteiger partial charge in [0.2, 0.25) is 0 Å². The molecule has 5 heteroatoms. The lowest BCUT2D eigenvalue weighted by Crippen LogP contribution is -2.33. The smallest absolute Gasteiger partial charge is 0.254 e. The fraction of sp³-hybridized carbons (Fsp3) is 0.444. The number of carbonyl (C=O) groups is 1. The number of likely N-dealkylation sites (N-methyl/N-ethyl adjacent to an activating group) is 1. The van der Waals surface area contributed by atoms with Gasteiger partial charge in [0.25, 0.3) is 5.91 Å². The molecule has 1 heterocycles. The number of benzene rings is 1. The molecule has 0 unspecified atom stereocenters. The molecular formula is C18H22N2O3. The molecule has 0 bridgehead atoms. The molecule has 3 rings (SSSR count). The lowest BCUT2D eigenvalue weighted by molar-refractivity contribution is 0.0734. The van der Waals surface area contributed by atoms with Gasteiger partial charge in [-0.15, -0.1) is 0 Å². The van der Waals surface area contributed by atoms with Crippen molar-refractivity contribution in [2.45, 2.75) is 25.7 Å². The van der Waals surface area contributed by atoms with Gasteiger partial charge in [-0.3, -0.25) is 9.78 Å². The summed E-state index contributed by atoms with van der Waals surface area (Å²) >= 11 is 0. The Bertz CT molecular complexity index is 726. The highest BCUT2D eigenvalue weighted by Crippen LogP contribution is 2.40. The zero-order valence-corrected chi connectivity index (χ0v) is 13.6. The van der Waals surface area contributed by atoms with E-state index in [-0.39, 0.29) is 12.5 Å². The number of aliphatic hydroxyl groups excluding tert-OH is 1. The van der Waals surface area contributed by atoms with E-state index in [9.17, 15) is 9.90 Å². The van der Waals surface area contributed by atoms with Crippen LogP contribution in [0.2, 0.25) is 0 Å². The van der Waals surface area contributed by atoms with E-state index in [1.165, 1.54) is 0 Å². The Morgan fingerprint density at radius 3 is 2.78 bits per heavy atom. The van der Waals surface area contributed by atoms with E-state index in [1.54, 1.807) is 12.0 Å². The molecule has 0 aliphatic heterocycles. The largest absolute Gasteiger partial charge is 0.497 e. The number of methoxy groups -OCH3 is 1. The van der Waals surface area contributed by atoms with Crippen molar-refractivity contribution >= 4 is 16.8 Å². The summed E-state index contributed by atoms with van der Waals surface area (Å²) in [6.45, 7) is 2.77. The van der Waals surface area contributed by atoms with E-state index in [2.05, 4.69) is 0 Å². The first-order valence-corrected chi connectivity index (χ1v) is 8.06. The van der Waals surface area contributed by atoms with Crippen LogP contribution in [0.5, 0.6) is 5.75 Å². The molecule has 1 aromatic heterocycles.